The summed E-state index contributed by atoms with van der Waals surface area (Å²) in [7, 11) is 1.83. The Bertz CT molecular complexity index is 867. The fourth-order valence-electron chi connectivity index (χ4n) is 5.36. The lowest BCUT2D eigenvalue weighted by atomic mass is 9.76. The first-order chi connectivity index (χ1) is 13.4. The zero-order valence-corrected chi connectivity index (χ0v) is 18.7. The molecule has 150 valence electrons. The maximum atomic E-state index is 5.84. The zero-order valence-electron chi connectivity index (χ0n) is 17.8. The van der Waals surface area contributed by atoms with Crippen molar-refractivity contribution in [2.24, 2.45) is 5.92 Å². The van der Waals surface area contributed by atoms with E-state index in [-0.39, 0.29) is 4.75 Å². The van der Waals surface area contributed by atoms with E-state index in [0.29, 0.717) is 5.92 Å². The minimum absolute atomic E-state index is 0.0439. The Kier molecular flexibility index (Phi) is 5.53. The molecule has 0 spiro atoms. The van der Waals surface area contributed by atoms with Crippen LogP contribution in [0.25, 0.3) is 0 Å². The van der Waals surface area contributed by atoms with Crippen molar-refractivity contribution in [3.05, 3.63) is 63.7 Å². The summed E-state index contributed by atoms with van der Waals surface area (Å²) in [6.45, 7) is 6.88. The first-order valence-electron chi connectivity index (χ1n) is 11.0. The molecular weight excluding hydrogens is 360 g/mol. The number of benzene rings is 2. The van der Waals surface area contributed by atoms with Gasteiger partial charge in [0.15, 0.2) is 0 Å². The number of ether oxygens (including phenoxy) is 1. The predicted molar refractivity (Wildman–Crippen MR) is 122 cm³/mol. The van der Waals surface area contributed by atoms with Gasteiger partial charge in [0.25, 0.3) is 0 Å². The molecule has 0 aromatic heterocycles. The molecule has 1 nitrogen and oxygen atoms in total. The van der Waals surface area contributed by atoms with E-state index >= 15 is 0 Å². The molecule has 0 radical (unpaired) electrons. The van der Waals surface area contributed by atoms with Gasteiger partial charge < -0.3 is 4.74 Å². The number of methoxy groups -OCH3 is 1. The maximum Gasteiger partial charge on any atom is 0.122 e. The Morgan fingerprint density at radius 1 is 1.14 bits per heavy atom. The third-order valence-corrected chi connectivity index (χ3v) is 7.39. The summed E-state index contributed by atoms with van der Waals surface area (Å²) in [5.74, 6) is 2.56. The number of hydrogen-bond donors (Lipinski definition) is 1. The summed E-state index contributed by atoms with van der Waals surface area (Å²) < 4.78 is 5.89. The quantitative estimate of drug-likeness (QED) is 0.546. The highest BCUT2D eigenvalue weighted by atomic mass is 32.1. The Morgan fingerprint density at radius 3 is 2.64 bits per heavy atom. The molecule has 1 saturated carbocycles. The first-order valence-corrected chi connectivity index (χ1v) is 11.4. The topological polar surface area (TPSA) is 9.23 Å². The molecule has 0 amide bonds. The van der Waals surface area contributed by atoms with Crippen molar-refractivity contribution in [3.63, 3.8) is 0 Å². The SMILES string of the molecule is CCc1cc(OC)c(C2CCCC(C)C2)cc1Cc1ccc2c(c1)C(C)(S)C2. The number of rotatable bonds is 5. The monoisotopic (exact) mass is 394 g/mol. The van der Waals surface area contributed by atoms with Gasteiger partial charge in [-0.25, -0.2) is 0 Å². The first kappa shape index (κ1) is 19.9. The second-order valence-electron chi connectivity index (χ2n) is 9.30. The van der Waals surface area contributed by atoms with Gasteiger partial charge in [-0.15, -0.1) is 0 Å². The van der Waals surface area contributed by atoms with Crippen LogP contribution in [0.3, 0.4) is 0 Å². The number of aryl methyl sites for hydroxylation is 1. The molecule has 0 saturated heterocycles. The fourth-order valence-corrected chi connectivity index (χ4v) is 5.74. The standard InChI is InChI=1S/C26H34OS/c1-5-19-15-25(27-4)23(20-8-6-7-17(2)11-20)14-22(19)12-18-9-10-21-16-26(3,28)24(21)13-18/h9-10,13-15,17,20,28H,5-8,11-12,16H2,1-4H3. The lowest BCUT2D eigenvalue weighted by molar-refractivity contribution is 0.332. The van der Waals surface area contributed by atoms with E-state index < -0.39 is 0 Å². The Morgan fingerprint density at radius 2 is 1.96 bits per heavy atom. The number of hydrogen-bond acceptors (Lipinski definition) is 2. The second-order valence-corrected chi connectivity index (χ2v) is 10.3. The third kappa shape index (κ3) is 3.73. The largest absolute Gasteiger partial charge is 0.496 e. The number of fused-ring (bicyclic) bond motifs is 1. The van der Waals surface area contributed by atoms with Crippen molar-refractivity contribution in [1.82, 2.24) is 0 Å². The van der Waals surface area contributed by atoms with Gasteiger partial charge in [-0.2, -0.15) is 12.6 Å². The van der Waals surface area contributed by atoms with Crippen LogP contribution in [0.15, 0.2) is 30.3 Å². The van der Waals surface area contributed by atoms with Gasteiger partial charge in [0.05, 0.1) is 7.11 Å². The van der Waals surface area contributed by atoms with E-state index in [1.54, 1.807) is 0 Å². The summed E-state index contributed by atoms with van der Waals surface area (Å²) in [6.07, 6.45) is 8.42. The molecule has 3 atom stereocenters. The predicted octanol–water partition coefficient (Wildman–Crippen LogP) is 6.84. The van der Waals surface area contributed by atoms with Gasteiger partial charge in [0, 0.05) is 4.75 Å². The van der Waals surface area contributed by atoms with Crippen molar-refractivity contribution in [3.8, 4) is 5.75 Å². The van der Waals surface area contributed by atoms with Crippen molar-refractivity contribution in [2.45, 2.75) is 76.4 Å². The van der Waals surface area contributed by atoms with E-state index in [0.717, 1.165) is 30.9 Å². The molecule has 0 N–H and O–H groups in total. The van der Waals surface area contributed by atoms with Crippen molar-refractivity contribution >= 4 is 12.6 Å². The van der Waals surface area contributed by atoms with Crippen molar-refractivity contribution in [1.29, 1.82) is 0 Å². The molecule has 3 unspecified atom stereocenters. The highest BCUT2D eigenvalue weighted by Crippen LogP contribution is 2.45. The molecule has 0 bridgehead atoms. The van der Waals surface area contributed by atoms with Crippen LogP contribution in [0.4, 0.5) is 0 Å². The van der Waals surface area contributed by atoms with Gasteiger partial charge in [-0.3, -0.25) is 0 Å². The molecule has 4 rings (SSSR count). The van der Waals surface area contributed by atoms with E-state index in [1.165, 1.54) is 59.1 Å². The zero-order chi connectivity index (χ0) is 19.9. The summed E-state index contributed by atoms with van der Waals surface area (Å²) in [5, 5.41) is 0. The van der Waals surface area contributed by atoms with Gasteiger partial charge in [-0.05, 0) is 90.3 Å². The van der Waals surface area contributed by atoms with E-state index in [9.17, 15) is 0 Å². The van der Waals surface area contributed by atoms with Gasteiger partial charge in [-0.1, -0.05) is 51.0 Å². The van der Waals surface area contributed by atoms with Crippen LogP contribution in [-0.4, -0.2) is 7.11 Å². The Balaban J connectivity index is 1.68. The van der Waals surface area contributed by atoms with Crippen LogP contribution < -0.4 is 4.74 Å². The van der Waals surface area contributed by atoms with Crippen molar-refractivity contribution in [2.75, 3.05) is 7.11 Å². The molecule has 2 aromatic rings. The molecule has 0 heterocycles. The van der Waals surface area contributed by atoms with Crippen LogP contribution in [0.5, 0.6) is 5.75 Å². The molecule has 28 heavy (non-hydrogen) atoms. The van der Waals surface area contributed by atoms with E-state index in [4.69, 9.17) is 17.4 Å². The fraction of sp³-hybridized carbons (Fsp3) is 0.538. The van der Waals surface area contributed by atoms with E-state index in [2.05, 4.69) is 51.1 Å². The average molecular weight is 395 g/mol. The summed E-state index contributed by atoms with van der Waals surface area (Å²) in [5.41, 5.74) is 8.60. The molecular formula is C26H34OS. The Hall–Kier alpha value is -1.41. The lowest BCUT2D eigenvalue weighted by Gasteiger charge is -2.37. The normalized spacial score (nSPS) is 26.5. The molecule has 1 fully saturated rings. The van der Waals surface area contributed by atoms with Crippen LogP contribution in [0, 0.1) is 5.92 Å². The van der Waals surface area contributed by atoms with Crippen molar-refractivity contribution < 1.29 is 4.74 Å². The van der Waals surface area contributed by atoms with Gasteiger partial charge in [0.2, 0.25) is 0 Å². The average Bonchev–Trinajstić information content (AvgIpc) is 2.68. The van der Waals surface area contributed by atoms with E-state index in [1.807, 2.05) is 7.11 Å². The van der Waals surface area contributed by atoms with Gasteiger partial charge >= 0.3 is 0 Å². The van der Waals surface area contributed by atoms with Crippen LogP contribution in [-0.2, 0) is 24.0 Å². The lowest BCUT2D eigenvalue weighted by Crippen LogP contribution is -2.30. The molecule has 2 heteroatoms. The summed E-state index contributed by atoms with van der Waals surface area (Å²) in [4.78, 5) is 0. The summed E-state index contributed by atoms with van der Waals surface area (Å²) in [6, 6.07) is 11.8. The molecule has 2 aliphatic carbocycles. The van der Waals surface area contributed by atoms with Gasteiger partial charge in [0.1, 0.15) is 5.75 Å². The molecule has 2 aromatic carbocycles. The highest BCUT2D eigenvalue weighted by molar-refractivity contribution is 7.81. The minimum atomic E-state index is 0.0439. The molecule has 2 aliphatic rings. The smallest absolute Gasteiger partial charge is 0.122 e. The highest BCUT2D eigenvalue weighted by Gasteiger charge is 2.34. The second kappa shape index (κ2) is 7.78. The Labute approximate surface area is 176 Å². The number of thiol groups is 1. The van der Waals surface area contributed by atoms with Crippen LogP contribution in [0.2, 0.25) is 0 Å². The third-order valence-electron chi connectivity index (χ3n) is 6.99. The molecule has 0 aliphatic heterocycles. The van der Waals surface area contributed by atoms with Crippen LogP contribution >= 0.6 is 12.6 Å². The van der Waals surface area contributed by atoms with Crippen LogP contribution in [0.1, 0.15) is 85.8 Å². The maximum absolute atomic E-state index is 5.84. The summed E-state index contributed by atoms with van der Waals surface area (Å²) >= 11 is 4.84. The minimum Gasteiger partial charge on any atom is -0.496 e.